The minimum absolute atomic E-state index is 0.0687. The van der Waals surface area contributed by atoms with Gasteiger partial charge in [-0.05, 0) is 0 Å². The molecule has 9 heteroatoms. The van der Waals surface area contributed by atoms with Crippen molar-refractivity contribution in [2.24, 2.45) is 5.73 Å². The first-order chi connectivity index (χ1) is 9.45. The number of likely N-dealkylation sites (N-methyl/N-ethyl adjacent to an activating group) is 1. The van der Waals surface area contributed by atoms with Crippen LogP contribution >= 0.6 is 0 Å². The van der Waals surface area contributed by atoms with Gasteiger partial charge in [-0.25, -0.2) is 4.79 Å². The van der Waals surface area contributed by atoms with E-state index in [9.17, 15) is 19.2 Å². The molecule has 0 spiro atoms. The number of carbonyl (C=O) groups excluding carboxylic acids is 4. The number of piperazine rings is 1. The van der Waals surface area contributed by atoms with E-state index in [1.165, 1.54) is 4.90 Å². The fraction of sp³-hybridized carbons (Fsp3) is 0.636. The second-order valence-electron chi connectivity index (χ2n) is 4.83. The molecule has 2 heterocycles. The number of hydrogen-bond acceptors (Lipinski definition) is 4. The molecule has 2 saturated heterocycles. The summed E-state index contributed by atoms with van der Waals surface area (Å²) in [6.07, 6.45) is 0. The van der Waals surface area contributed by atoms with Gasteiger partial charge in [0.2, 0.25) is 5.91 Å². The van der Waals surface area contributed by atoms with Crippen molar-refractivity contribution in [3.63, 3.8) is 0 Å². The van der Waals surface area contributed by atoms with Crippen LogP contribution in [0.5, 0.6) is 0 Å². The Morgan fingerprint density at radius 2 is 2.05 bits per heavy atom. The summed E-state index contributed by atoms with van der Waals surface area (Å²) in [5.74, 6) is -1.27. The van der Waals surface area contributed by atoms with Crippen molar-refractivity contribution < 1.29 is 24.5 Å². The lowest BCUT2D eigenvalue weighted by atomic mass is 10.2. The summed E-state index contributed by atoms with van der Waals surface area (Å²) in [5, 5.41) is 1.75. The van der Waals surface area contributed by atoms with Crippen molar-refractivity contribution >= 4 is 23.8 Å². The van der Waals surface area contributed by atoms with Crippen molar-refractivity contribution in [1.82, 2.24) is 14.7 Å². The maximum atomic E-state index is 12.1. The maximum Gasteiger partial charge on any atom is 0.328 e. The summed E-state index contributed by atoms with van der Waals surface area (Å²) in [6, 6.07) is -1.20. The first-order valence-electron chi connectivity index (χ1n) is 6.41. The zero-order valence-corrected chi connectivity index (χ0v) is 11.2. The van der Waals surface area contributed by atoms with Crippen LogP contribution in [0.1, 0.15) is 0 Å². The summed E-state index contributed by atoms with van der Waals surface area (Å²) in [6.45, 7) is 0.750. The van der Waals surface area contributed by atoms with E-state index >= 15 is 0 Å². The molecule has 0 bridgehead atoms. The monoisotopic (exact) mass is 284 g/mol. The van der Waals surface area contributed by atoms with Crippen LogP contribution in [0.4, 0.5) is 4.79 Å². The fourth-order valence-corrected chi connectivity index (χ4v) is 2.48. The Bertz CT molecular complexity index is 466. The molecule has 110 valence electrons. The van der Waals surface area contributed by atoms with Gasteiger partial charge in [-0.1, -0.05) is 0 Å². The molecule has 2 aliphatic heterocycles. The highest BCUT2D eigenvalue weighted by atomic mass is 16.2. The van der Waals surface area contributed by atoms with Gasteiger partial charge in [-0.15, -0.1) is 0 Å². The van der Waals surface area contributed by atoms with Crippen LogP contribution < -0.4 is 11.1 Å². The second-order valence-corrected chi connectivity index (χ2v) is 4.83. The van der Waals surface area contributed by atoms with Crippen LogP contribution in [0.25, 0.3) is 0 Å². The topological polar surface area (TPSA) is 121 Å². The molecule has 0 aromatic rings. The van der Waals surface area contributed by atoms with E-state index in [1.54, 1.807) is 17.3 Å². The number of hydrogen-bond donors (Lipinski definition) is 2. The van der Waals surface area contributed by atoms with E-state index in [1.807, 2.05) is 0 Å². The molecule has 0 radical (unpaired) electrons. The number of rotatable bonds is 4. The molecule has 1 atom stereocenters. The van der Waals surface area contributed by atoms with E-state index in [0.29, 0.717) is 19.6 Å². The summed E-state index contributed by atoms with van der Waals surface area (Å²) in [4.78, 5) is 50.7. The van der Waals surface area contributed by atoms with Gasteiger partial charge >= 0.3 is 6.03 Å². The van der Waals surface area contributed by atoms with Gasteiger partial charge in [0.15, 0.2) is 6.54 Å². The average molecular weight is 284 g/mol. The minimum atomic E-state index is -0.736. The van der Waals surface area contributed by atoms with E-state index in [4.69, 9.17) is 5.73 Å². The van der Waals surface area contributed by atoms with Gasteiger partial charge in [0.05, 0.1) is 13.6 Å². The van der Waals surface area contributed by atoms with E-state index in [2.05, 4.69) is 0 Å². The van der Waals surface area contributed by atoms with Crippen LogP contribution in [-0.2, 0) is 14.4 Å². The lowest BCUT2D eigenvalue weighted by Crippen LogP contribution is -2.82. The number of fused-ring (bicyclic) bond motifs is 1. The molecule has 0 unspecified atom stereocenters. The molecule has 5 amide bonds. The SMILES string of the molecule is C[NH2+]CC(=O)N1CCN2C(=O)N(CC(N)=O)C(=O)[C@@H]2C1. The number of urea groups is 1. The van der Waals surface area contributed by atoms with Gasteiger partial charge < -0.3 is 20.9 Å². The van der Waals surface area contributed by atoms with Crippen molar-refractivity contribution in [2.45, 2.75) is 6.04 Å². The fourth-order valence-electron chi connectivity index (χ4n) is 2.48. The average Bonchev–Trinajstić information content (AvgIpc) is 2.63. The van der Waals surface area contributed by atoms with Crippen molar-refractivity contribution in [2.75, 3.05) is 39.8 Å². The van der Waals surface area contributed by atoms with Gasteiger partial charge in [-0.3, -0.25) is 19.3 Å². The Balaban J connectivity index is 2.09. The van der Waals surface area contributed by atoms with Gasteiger partial charge in [-0.2, -0.15) is 0 Å². The van der Waals surface area contributed by atoms with Crippen LogP contribution in [-0.4, -0.2) is 84.3 Å². The van der Waals surface area contributed by atoms with E-state index < -0.39 is 30.4 Å². The predicted octanol–water partition coefficient (Wildman–Crippen LogP) is -3.86. The van der Waals surface area contributed by atoms with Crippen LogP contribution in [0.3, 0.4) is 0 Å². The van der Waals surface area contributed by atoms with Crippen LogP contribution in [0.2, 0.25) is 0 Å². The Morgan fingerprint density at radius 1 is 1.35 bits per heavy atom. The molecule has 2 rings (SSSR count). The number of nitrogens with zero attached hydrogens (tertiary/aromatic N) is 3. The third kappa shape index (κ3) is 2.44. The largest absolute Gasteiger partial charge is 0.368 e. The van der Waals surface area contributed by atoms with Crippen molar-refractivity contribution in [3.8, 4) is 0 Å². The number of carbonyl (C=O) groups is 4. The van der Waals surface area contributed by atoms with Crippen LogP contribution in [0.15, 0.2) is 0 Å². The molecular formula is C11H18N5O4+. The Labute approximate surface area is 115 Å². The normalized spacial score (nSPS) is 22.2. The first-order valence-corrected chi connectivity index (χ1v) is 6.41. The minimum Gasteiger partial charge on any atom is -0.368 e. The number of primary amides is 1. The molecule has 0 aliphatic carbocycles. The van der Waals surface area contributed by atoms with Crippen molar-refractivity contribution in [1.29, 1.82) is 0 Å². The Morgan fingerprint density at radius 3 is 2.65 bits per heavy atom. The third-order valence-electron chi connectivity index (χ3n) is 3.45. The molecule has 0 aromatic carbocycles. The molecule has 9 nitrogen and oxygen atoms in total. The third-order valence-corrected chi connectivity index (χ3v) is 3.45. The summed E-state index contributed by atoms with van der Waals surface area (Å²) >= 11 is 0. The van der Waals surface area contributed by atoms with E-state index in [-0.39, 0.29) is 12.5 Å². The van der Waals surface area contributed by atoms with Crippen LogP contribution in [0, 0.1) is 0 Å². The zero-order chi connectivity index (χ0) is 14.9. The number of nitrogens with two attached hydrogens (primary N) is 2. The van der Waals surface area contributed by atoms with Gasteiger partial charge in [0, 0.05) is 13.1 Å². The highest BCUT2D eigenvalue weighted by Crippen LogP contribution is 2.21. The summed E-state index contributed by atoms with van der Waals surface area (Å²) < 4.78 is 0. The zero-order valence-electron chi connectivity index (χ0n) is 11.2. The predicted molar refractivity (Wildman–Crippen MR) is 66.1 cm³/mol. The number of imide groups is 1. The highest BCUT2D eigenvalue weighted by molar-refractivity contribution is 6.06. The molecule has 0 aromatic heterocycles. The smallest absolute Gasteiger partial charge is 0.328 e. The number of amides is 5. The molecule has 20 heavy (non-hydrogen) atoms. The lowest BCUT2D eigenvalue weighted by Gasteiger charge is -2.34. The second kappa shape index (κ2) is 5.45. The molecular weight excluding hydrogens is 266 g/mol. The molecule has 2 aliphatic rings. The Hall–Kier alpha value is -2.16. The molecule has 4 N–H and O–H groups in total. The standard InChI is InChI=1S/C11H17N5O4/c1-13-4-9(18)14-2-3-15-7(5-14)10(19)16(11(15)20)6-8(12)17/h7,13H,2-6H2,1H3,(H2,12,17)/p+1/t7-/m0/s1. The Kier molecular flexibility index (Phi) is 3.89. The summed E-state index contributed by atoms with van der Waals surface area (Å²) in [7, 11) is 1.78. The lowest BCUT2D eigenvalue weighted by molar-refractivity contribution is -0.616. The highest BCUT2D eigenvalue weighted by Gasteiger charge is 2.48. The van der Waals surface area contributed by atoms with Gasteiger partial charge in [0.1, 0.15) is 12.6 Å². The molecule has 0 saturated carbocycles. The summed E-state index contributed by atoms with van der Waals surface area (Å²) in [5.41, 5.74) is 5.03. The van der Waals surface area contributed by atoms with Crippen molar-refractivity contribution in [3.05, 3.63) is 0 Å². The maximum absolute atomic E-state index is 12.1. The quantitative estimate of drug-likeness (QED) is 0.513. The number of quaternary nitrogens is 1. The van der Waals surface area contributed by atoms with Gasteiger partial charge in [0.25, 0.3) is 11.8 Å². The first kappa shape index (κ1) is 14.3. The van der Waals surface area contributed by atoms with E-state index in [0.717, 1.165) is 4.90 Å². The molecule has 2 fully saturated rings.